The smallest absolute Gasteiger partial charge is 0.744 e. The second-order valence-electron chi connectivity index (χ2n) is 4.02. The fourth-order valence-corrected chi connectivity index (χ4v) is 2.63. The number of nitro benzene ring substituents is 1. The van der Waals surface area contributed by atoms with Crippen LogP contribution in [0.15, 0.2) is 41.3 Å². The molecule has 0 aliphatic heterocycles. The normalized spacial score (nSPS) is 10.7. The van der Waals surface area contributed by atoms with Crippen LogP contribution in [0.1, 0.15) is 0 Å². The average molecular weight is 386 g/mol. The number of hydrogen-bond acceptors (Lipinski definition) is 6. The molecule has 0 aliphatic rings. The fraction of sp³-hybridized carbons (Fsp3) is 0. The van der Waals surface area contributed by atoms with Crippen LogP contribution in [0.5, 0.6) is 11.5 Å². The minimum atomic E-state index is -4.87. The minimum absolute atomic E-state index is 0. The van der Waals surface area contributed by atoms with Crippen molar-refractivity contribution in [2.45, 2.75) is 4.90 Å². The van der Waals surface area contributed by atoms with Crippen molar-refractivity contribution in [2.24, 2.45) is 0 Å². The summed E-state index contributed by atoms with van der Waals surface area (Å²) in [5, 5.41) is 11.1. The Balaban J connectivity index is 0.00000264. The van der Waals surface area contributed by atoms with Crippen LogP contribution in [0.2, 0.25) is 10.0 Å². The van der Waals surface area contributed by atoms with Crippen LogP contribution >= 0.6 is 23.2 Å². The van der Waals surface area contributed by atoms with Gasteiger partial charge in [-0.2, -0.15) is 0 Å². The van der Waals surface area contributed by atoms with Crippen molar-refractivity contribution < 1.29 is 52.2 Å². The molecule has 0 heterocycles. The Labute approximate surface area is 163 Å². The van der Waals surface area contributed by atoms with Gasteiger partial charge in [0.15, 0.2) is 0 Å². The van der Waals surface area contributed by atoms with E-state index in [0.717, 1.165) is 18.2 Å². The van der Waals surface area contributed by atoms with E-state index in [4.69, 9.17) is 27.9 Å². The number of nitro groups is 1. The summed E-state index contributed by atoms with van der Waals surface area (Å²) in [5.74, 6) is -0.633. The van der Waals surface area contributed by atoms with Crippen LogP contribution in [-0.2, 0) is 10.1 Å². The van der Waals surface area contributed by atoms with Gasteiger partial charge in [0, 0.05) is 16.1 Å². The molecule has 0 amide bonds. The molecule has 0 bridgehead atoms. The molecule has 2 aromatic carbocycles. The van der Waals surface area contributed by atoms with Crippen molar-refractivity contribution in [1.82, 2.24) is 0 Å². The number of halogens is 2. The number of benzene rings is 2. The van der Waals surface area contributed by atoms with Crippen LogP contribution in [0.3, 0.4) is 0 Å². The molecular weight excluding hydrogens is 380 g/mol. The summed E-state index contributed by atoms with van der Waals surface area (Å²) in [6, 6.07) is 6.87. The van der Waals surface area contributed by atoms with E-state index in [9.17, 15) is 23.1 Å². The number of nitrogens with zero attached hydrogens (tertiary/aromatic N) is 1. The molecule has 116 valence electrons. The van der Waals surface area contributed by atoms with E-state index in [-0.39, 0.29) is 51.1 Å². The zero-order valence-corrected chi connectivity index (χ0v) is 15.9. The van der Waals surface area contributed by atoms with E-state index in [1.807, 2.05) is 0 Å². The Kier molecular flexibility index (Phi) is 6.84. The largest absolute Gasteiger partial charge is 1.00 e. The van der Waals surface area contributed by atoms with Gasteiger partial charge in [-0.1, -0.05) is 23.2 Å². The molecule has 23 heavy (non-hydrogen) atoms. The van der Waals surface area contributed by atoms with Crippen LogP contribution in [0, 0.1) is 10.1 Å². The van der Waals surface area contributed by atoms with Gasteiger partial charge in [0.25, 0.3) is 0 Å². The Bertz CT molecular complexity index is 859. The molecule has 0 atom stereocenters. The van der Waals surface area contributed by atoms with Gasteiger partial charge in [-0.3, -0.25) is 10.1 Å². The molecule has 0 saturated heterocycles. The van der Waals surface area contributed by atoms with Gasteiger partial charge in [0.1, 0.15) is 15.9 Å². The molecule has 0 saturated carbocycles. The maximum absolute atomic E-state index is 11.2. The van der Waals surface area contributed by atoms with E-state index in [2.05, 4.69) is 0 Å². The fourth-order valence-electron chi connectivity index (χ4n) is 1.60. The van der Waals surface area contributed by atoms with Crippen molar-refractivity contribution in [2.75, 3.05) is 0 Å². The first kappa shape index (κ1) is 20.2. The topological polar surface area (TPSA) is 110 Å². The van der Waals surface area contributed by atoms with E-state index in [1.165, 1.54) is 18.2 Å². The third-order valence-corrected chi connectivity index (χ3v) is 3.84. The third kappa shape index (κ3) is 5.05. The standard InChI is InChI=1S/C12H7Cl2NO6S.Na/c13-7-1-3-10(9(5-7)15(16)17)21-11-4-2-8(14)6-12(11)22(18,19)20;/h1-6H,(H,18,19,20);/q;+1/p-1. The van der Waals surface area contributed by atoms with Crippen molar-refractivity contribution >= 4 is 39.0 Å². The van der Waals surface area contributed by atoms with Gasteiger partial charge >= 0.3 is 35.2 Å². The van der Waals surface area contributed by atoms with Crippen LogP contribution in [-0.4, -0.2) is 17.9 Å². The summed E-state index contributed by atoms with van der Waals surface area (Å²) in [5.41, 5.74) is -0.475. The quantitative estimate of drug-likeness (QED) is 0.330. The van der Waals surface area contributed by atoms with Gasteiger partial charge in [0.2, 0.25) is 5.75 Å². The predicted octanol–water partition coefficient (Wildman–Crippen LogP) is 0.602. The maximum atomic E-state index is 11.2. The first-order valence-electron chi connectivity index (χ1n) is 5.56. The average Bonchev–Trinajstić information content (AvgIpc) is 2.41. The summed E-state index contributed by atoms with van der Waals surface area (Å²) < 4.78 is 38.9. The summed E-state index contributed by atoms with van der Waals surface area (Å²) in [6.07, 6.45) is 0. The zero-order chi connectivity index (χ0) is 16.5. The zero-order valence-electron chi connectivity index (χ0n) is 11.5. The van der Waals surface area contributed by atoms with Crippen LogP contribution < -0.4 is 34.3 Å². The third-order valence-electron chi connectivity index (χ3n) is 2.51. The maximum Gasteiger partial charge on any atom is 1.00 e. The molecule has 0 unspecified atom stereocenters. The molecular formula is C12H6Cl2NNaO6S. The minimum Gasteiger partial charge on any atom is -0.744 e. The van der Waals surface area contributed by atoms with Gasteiger partial charge in [-0.25, -0.2) is 8.42 Å². The van der Waals surface area contributed by atoms with Gasteiger partial charge in [-0.05, 0) is 30.3 Å². The van der Waals surface area contributed by atoms with Gasteiger partial charge in [-0.15, -0.1) is 0 Å². The van der Waals surface area contributed by atoms with Crippen LogP contribution in [0.25, 0.3) is 0 Å². The first-order valence-corrected chi connectivity index (χ1v) is 7.72. The van der Waals surface area contributed by atoms with E-state index < -0.39 is 25.6 Å². The van der Waals surface area contributed by atoms with Gasteiger partial charge in [0.05, 0.1) is 9.82 Å². The van der Waals surface area contributed by atoms with E-state index in [0.29, 0.717) is 0 Å². The van der Waals surface area contributed by atoms with E-state index in [1.54, 1.807) is 0 Å². The SMILES string of the molecule is O=[N+]([O-])c1cc(Cl)ccc1Oc1ccc(Cl)cc1S(=O)(=O)[O-].[Na+]. The number of hydrogen-bond donors (Lipinski definition) is 0. The summed E-state index contributed by atoms with van der Waals surface area (Å²) in [7, 11) is -4.87. The molecule has 0 aromatic heterocycles. The molecule has 11 heteroatoms. The van der Waals surface area contributed by atoms with Crippen LogP contribution in [0.4, 0.5) is 5.69 Å². The van der Waals surface area contributed by atoms with Crippen molar-refractivity contribution in [3.8, 4) is 11.5 Å². The molecule has 0 fully saturated rings. The molecule has 7 nitrogen and oxygen atoms in total. The monoisotopic (exact) mass is 385 g/mol. The summed E-state index contributed by atoms with van der Waals surface area (Å²) in [4.78, 5) is 9.50. The second-order valence-corrected chi connectivity index (χ2v) is 6.24. The van der Waals surface area contributed by atoms with Gasteiger partial charge < -0.3 is 9.29 Å². The predicted molar refractivity (Wildman–Crippen MR) is 77.6 cm³/mol. The number of rotatable bonds is 4. The number of ether oxygens (including phenoxy) is 1. The summed E-state index contributed by atoms with van der Waals surface area (Å²) >= 11 is 11.3. The molecule has 2 rings (SSSR count). The summed E-state index contributed by atoms with van der Waals surface area (Å²) in [6.45, 7) is 0. The second kappa shape index (κ2) is 7.80. The van der Waals surface area contributed by atoms with Crippen molar-refractivity contribution in [3.63, 3.8) is 0 Å². The molecule has 0 N–H and O–H groups in total. The Morgan fingerprint density at radius 3 is 2.04 bits per heavy atom. The first-order chi connectivity index (χ1) is 10.2. The molecule has 0 radical (unpaired) electrons. The van der Waals surface area contributed by atoms with E-state index >= 15 is 0 Å². The molecule has 0 aliphatic carbocycles. The Morgan fingerprint density at radius 2 is 1.52 bits per heavy atom. The van der Waals surface area contributed by atoms with Crippen molar-refractivity contribution in [3.05, 3.63) is 56.6 Å². The Morgan fingerprint density at radius 1 is 1.00 bits per heavy atom. The Hall–Kier alpha value is -0.870. The van der Waals surface area contributed by atoms with Crippen molar-refractivity contribution in [1.29, 1.82) is 0 Å². The molecule has 2 aromatic rings. The molecule has 0 spiro atoms.